The second kappa shape index (κ2) is 5.53. The van der Waals surface area contributed by atoms with Crippen LogP contribution in [0.4, 0.5) is 0 Å². The molecule has 2 atom stereocenters. The van der Waals surface area contributed by atoms with Gasteiger partial charge in [0.05, 0.1) is 5.92 Å². The van der Waals surface area contributed by atoms with Crippen molar-refractivity contribution in [3.05, 3.63) is 0 Å². The number of hydrogen-bond donors (Lipinski definition) is 0. The number of carbonyl (C=O) groups is 1. The Hall–Kier alpha value is -0.530. The van der Waals surface area contributed by atoms with Gasteiger partial charge in [-0.15, -0.1) is 0 Å². The summed E-state index contributed by atoms with van der Waals surface area (Å²) in [6, 6.07) is 0. The highest BCUT2D eigenvalue weighted by Gasteiger charge is 2.26. The molecule has 0 amide bonds. The lowest BCUT2D eigenvalue weighted by Gasteiger charge is -2.25. The highest BCUT2D eigenvalue weighted by Crippen LogP contribution is 2.22. The third kappa shape index (κ3) is 6.53. The van der Waals surface area contributed by atoms with Crippen molar-refractivity contribution in [3.63, 3.8) is 0 Å². The predicted molar refractivity (Wildman–Crippen MR) is 63.6 cm³/mol. The van der Waals surface area contributed by atoms with Crippen molar-refractivity contribution in [1.82, 2.24) is 0 Å². The summed E-state index contributed by atoms with van der Waals surface area (Å²) in [5.74, 6) is 0.937. The van der Waals surface area contributed by atoms with Crippen LogP contribution < -0.4 is 0 Å². The molecule has 90 valence electrons. The Balaban J connectivity index is 4.20. The van der Waals surface area contributed by atoms with Gasteiger partial charge in [0, 0.05) is 0 Å². The van der Waals surface area contributed by atoms with Crippen LogP contribution in [0.1, 0.15) is 54.9 Å². The molecule has 0 spiro atoms. The predicted octanol–water partition coefficient (Wildman–Crippen LogP) is 3.65. The fourth-order valence-corrected chi connectivity index (χ4v) is 1.57. The van der Waals surface area contributed by atoms with Gasteiger partial charge in [0.1, 0.15) is 5.60 Å². The highest BCUT2D eigenvalue weighted by molar-refractivity contribution is 5.72. The zero-order valence-corrected chi connectivity index (χ0v) is 11.3. The van der Waals surface area contributed by atoms with Crippen LogP contribution in [0.15, 0.2) is 0 Å². The Bertz CT molecular complexity index is 201. The SMILES string of the molecule is CC(C)CC(C)C(C)C(=O)OC(C)(C)C. The summed E-state index contributed by atoms with van der Waals surface area (Å²) < 4.78 is 5.36. The van der Waals surface area contributed by atoms with Crippen molar-refractivity contribution in [3.8, 4) is 0 Å². The molecule has 0 rings (SSSR count). The van der Waals surface area contributed by atoms with Gasteiger partial charge >= 0.3 is 5.97 Å². The van der Waals surface area contributed by atoms with E-state index in [-0.39, 0.29) is 17.5 Å². The molecule has 0 N–H and O–H groups in total. The van der Waals surface area contributed by atoms with Crippen molar-refractivity contribution >= 4 is 5.97 Å². The van der Waals surface area contributed by atoms with Crippen LogP contribution in [-0.4, -0.2) is 11.6 Å². The molecule has 15 heavy (non-hydrogen) atoms. The number of hydrogen-bond acceptors (Lipinski definition) is 2. The van der Waals surface area contributed by atoms with Crippen LogP contribution in [0.3, 0.4) is 0 Å². The molecule has 0 aromatic carbocycles. The molecule has 0 saturated carbocycles. The average Bonchev–Trinajstić information content (AvgIpc) is 1.98. The summed E-state index contributed by atoms with van der Waals surface area (Å²) in [5, 5.41) is 0. The molecule has 0 aromatic heterocycles. The van der Waals surface area contributed by atoms with E-state index < -0.39 is 0 Å². The molecule has 0 aromatic rings. The molecule has 0 radical (unpaired) electrons. The van der Waals surface area contributed by atoms with Crippen molar-refractivity contribution in [2.24, 2.45) is 17.8 Å². The van der Waals surface area contributed by atoms with Crippen molar-refractivity contribution in [1.29, 1.82) is 0 Å². The van der Waals surface area contributed by atoms with Gasteiger partial charge < -0.3 is 4.74 Å². The maximum atomic E-state index is 11.8. The van der Waals surface area contributed by atoms with Gasteiger partial charge in [0.2, 0.25) is 0 Å². The maximum Gasteiger partial charge on any atom is 0.309 e. The van der Waals surface area contributed by atoms with Gasteiger partial charge in [-0.2, -0.15) is 0 Å². The van der Waals surface area contributed by atoms with E-state index >= 15 is 0 Å². The first-order valence-electron chi connectivity index (χ1n) is 5.86. The Morgan fingerprint density at radius 1 is 1.13 bits per heavy atom. The summed E-state index contributed by atoms with van der Waals surface area (Å²) in [4.78, 5) is 11.8. The third-order valence-electron chi connectivity index (χ3n) is 2.48. The quantitative estimate of drug-likeness (QED) is 0.668. The average molecular weight is 214 g/mol. The third-order valence-corrected chi connectivity index (χ3v) is 2.48. The summed E-state index contributed by atoms with van der Waals surface area (Å²) in [6.07, 6.45) is 1.07. The molecule has 0 aliphatic rings. The number of rotatable bonds is 4. The molecule has 0 fully saturated rings. The van der Waals surface area contributed by atoms with Crippen LogP contribution in [-0.2, 0) is 9.53 Å². The first-order valence-corrected chi connectivity index (χ1v) is 5.86. The van der Waals surface area contributed by atoms with Gasteiger partial charge in [-0.3, -0.25) is 4.79 Å². The highest BCUT2D eigenvalue weighted by atomic mass is 16.6. The minimum absolute atomic E-state index is 0.00775. The lowest BCUT2D eigenvalue weighted by molar-refractivity contribution is -0.161. The van der Waals surface area contributed by atoms with Gasteiger partial charge in [-0.25, -0.2) is 0 Å². The molecule has 2 nitrogen and oxygen atoms in total. The number of carbonyl (C=O) groups excluding carboxylic acids is 1. The van der Waals surface area contributed by atoms with E-state index in [0.29, 0.717) is 11.8 Å². The summed E-state index contributed by atoms with van der Waals surface area (Å²) in [6.45, 7) is 14.2. The zero-order chi connectivity index (χ0) is 12.2. The Morgan fingerprint density at radius 3 is 1.93 bits per heavy atom. The summed E-state index contributed by atoms with van der Waals surface area (Å²) >= 11 is 0. The lowest BCUT2D eigenvalue weighted by Crippen LogP contribution is -2.30. The van der Waals surface area contributed by atoms with Gasteiger partial charge in [0.25, 0.3) is 0 Å². The lowest BCUT2D eigenvalue weighted by atomic mass is 9.88. The van der Waals surface area contributed by atoms with Gasteiger partial charge in [-0.05, 0) is 39.0 Å². The first-order chi connectivity index (χ1) is 6.63. The number of ether oxygens (including phenoxy) is 1. The summed E-state index contributed by atoms with van der Waals surface area (Å²) in [5.41, 5.74) is -0.372. The van der Waals surface area contributed by atoms with Crippen molar-refractivity contribution < 1.29 is 9.53 Å². The van der Waals surface area contributed by atoms with E-state index in [1.807, 2.05) is 27.7 Å². The topological polar surface area (TPSA) is 26.3 Å². The second-order valence-corrected chi connectivity index (χ2v) is 5.93. The molecule has 2 heteroatoms. The van der Waals surface area contributed by atoms with Crippen LogP contribution in [0.5, 0.6) is 0 Å². The molecule has 2 unspecified atom stereocenters. The molecular weight excluding hydrogens is 188 g/mol. The normalized spacial score (nSPS) is 16.3. The summed E-state index contributed by atoms with van der Waals surface area (Å²) in [7, 11) is 0. The van der Waals surface area contributed by atoms with E-state index in [1.165, 1.54) is 0 Å². The first kappa shape index (κ1) is 14.5. The minimum atomic E-state index is -0.372. The van der Waals surface area contributed by atoms with Gasteiger partial charge in [-0.1, -0.05) is 27.7 Å². The Morgan fingerprint density at radius 2 is 1.60 bits per heavy atom. The monoisotopic (exact) mass is 214 g/mol. The standard InChI is InChI=1S/C13H26O2/c1-9(2)8-10(3)11(4)12(14)15-13(5,6)7/h9-11H,8H2,1-7H3. The van der Waals surface area contributed by atoms with E-state index in [2.05, 4.69) is 20.8 Å². The fraction of sp³-hybridized carbons (Fsp3) is 0.923. The van der Waals surface area contributed by atoms with E-state index in [1.54, 1.807) is 0 Å². The Kier molecular flexibility index (Phi) is 5.33. The minimum Gasteiger partial charge on any atom is -0.460 e. The van der Waals surface area contributed by atoms with Crippen molar-refractivity contribution in [2.45, 2.75) is 60.5 Å². The van der Waals surface area contributed by atoms with Crippen LogP contribution in [0.2, 0.25) is 0 Å². The van der Waals surface area contributed by atoms with Crippen LogP contribution in [0, 0.1) is 17.8 Å². The Labute approximate surface area is 94.4 Å². The van der Waals surface area contributed by atoms with E-state index in [4.69, 9.17) is 4.74 Å². The zero-order valence-electron chi connectivity index (χ0n) is 11.3. The second-order valence-electron chi connectivity index (χ2n) is 5.93. The molecule has 0 bridgehead atoms. The molecule has 0 saturated heterocycles. The smallest absolute Gasteiger partial charge is 0.309 e. The van der Waals surface area contributed by atoms with E-state index in [0.717, 1.165) is 6.42 Å². The van der Waals surface area contributed by atoms with Crippen LogP contribution >= 0.6 is 0 Å². The van der Waals surface area contributed by atoms with Crippen molar-refractivity contribution in [2.75, 3.05) is 0 Å². The fourth-order valence-electron chi connectivity index (χ4n) is 1.57. The maximum absolute atomic E-state index is 11.8. The van der Waals surface area contributed by atoms with Crippen LogP contribution in [0.25, 0.3) is 0 Å². The van der Waals surface area contributed by atoms with Gasteiger partial charge in [0.15, 0.2) is 0 Å². The number of esters is 1. The molecule has 0 heterocycles. The molecule has 0 aliphatic carbocycles. The molecular formula is C13H26O2. The van der Waals surface area contributed by atoms with E-state index in [9.17, 15) is 4.79 Å². The largest absolute Gasteiger partial charge is 0.460 e. The molecule has 0 aliphatic heterocycles.